The maximum absolute atomic E-state index is 6.36. The van der Waals surface area contributed by atoms with Crippen molar-refractivity contribution in [3.8, 4) is 0 Å². The zero-order valence-electron chi connectivity index (χ0n) is 12.2. The van der Waals surface area contributed by atoms with Crippen molar-refractivity contribution in [2.75, 3.05) is 0 Å². The normalized spacial score (nSPS) is 24.9. The number of pyridine rings is 1. The van der Waals surface area contributed by atoms with Gasteiger partial charge in [-0.3, -0.25) is 0 Å². The minimum atomic E-state index is -0.0776. The molecule has 2 heterocycles. The van der Waals surface area contributed by atoms with Crippen LogP contribution in [-0.4, -0.2) is 14.5 Å². The van der Waals surface area contributed by atoms with E-state index in [-0.39, 0.29) is 5.38 Å². The number of imidazole rings is 1. The minimum absolute atomic E-state index is 0.0776. The first kappa shape index (κ1) is 13.9. The molecule has 0 amide bonds. The molecule has 3 unspecified atom stereocenters. The Hall–Kier alpha value is -1.09. The van der Waals surface area contributed by atoms with Crippen molar-refractivity contribution in [3.63, 3.8) is 0 Å². The van der Waals surface area contributed by atoms with Gasteiger partial charge in [-0.25, -0.2) is 9.97 Å². The highest BCUT2D eigenvalue weighted by atomic mass is 35.5. The lowest BCUT2D eigenvalue weighted by Crippen LogP contribution is -2.21. The summed E-state index contributed by atoms with van der Waals surface area (Å²) in [6.07, 6.45) is 8.22. The fraction of sp³-hybridized carbons (Fsp3) is 0.625. The van der Waals surface area contributed by atoms with Crippen LogP contribution in [0.3, 0.4) is 0 Å². The lowest BCUT2D eigenvalue weighted by Gasteiger charge is -2.31. The van der Waals surface area contributed by atoms with Crippen LogP contribution < -0.4 is 0 Å². The van der Waals surface area contributed by atoms with Crippen molar-refractivity contribution < 1.29 is 0 Å². The predicted octanol–water partition coefficient (Wildman–Crippen LogP) is 4.87. The SMILES string of the molecule is CCC1CCCC(n2c(C(C)Cl)nc3cccnc32)C1. The summed E-state index contributed by atoms with van der Waals surface area (Å²) in [5.74, 6) is 1.80. The molecule has 1 fully saturated rings. The molecule has 3 rings (SSSR count). The lowest BCUT2D eigenvalue weighted by molar-refractivity contribution is 0.261. The van der Waals surface area contributed by atoms with Gasteiger partial charge in [0.15, 0.2) is 5.65 Å². The van der Waals surface area contributed by atoms with E-state index in [0.717, 1.165) is 22.9 Å². The summed E-state index contributed by atoms with van der Waals surface area (Å²) in [7, 11) is 0. The van der Waals surface area contributed by atoms with Crippen LogP contribution in [0.1, 0.15) is 63.2 Å². The molecule has 108 valence electrons. The van der Waals surface area contributed by atoms with E-state index in [2.05, 4.69) is 16.5 Å². The van der Waals surface area contributed by atoms with E-state index in [1.807, 2.05) is 25.3 Å². The van der Waals surface area contributed by atoms with Crippen LogP contribution >= 0.6 is 11.6 Å². The first-order valence-electron chi connectivity index (χ1n) is 7.67. The van der Waals surface area contributed by atoms with Gasteiger partial charge in [0.05, 0.1) is 5.38 Å². The van der Waals surface area contributed by atoms with E-state index in [1.165, 1.54) is 32.1 Å². The van der Waals surface area contributed by atoms with Crippen LogP contribution in [0, 0.1) is 5.92 Å². The molecular weight excluding hydrogens is 270 g/mol. The van der Waals surface area contributed by atoms with Gasteiger partial charge in [0.1, 0.15) is 11.3 Å². The van der Waals surface area contributed by atoms with Crippen LogP contribution in [0.15, 0.2) is 18.3 Å². The number of halogens is 1. The lowest BCUT2D eigenvalue weighted by atomic mass is 9.84. The molecule has 2 aromatic heterocycles. The number of rotatable bonds is 3. The van der Waals surface area contributed by atoms with Crippen molar-refractivity contribution in [1.29, 1.82) is 0 Å². The van der Waals surface area contributed by atoms with E-state index in [4.69, 9.17) is 16.6 Å². The third-order valence-corrected chi connectivity index (χ3v) is 4.72. The number of fused-ring (bicyclic) bond motifs is 1. The Bertz CT molecular complexity index is 590. The highest BCUT2D eigenvalue weighted by Crippen LogP contribution is 2.38. The molecule has 20 heavy (non-hydrogen) atoms. The highest BCUT2D eigenvalue weighted by Gasteiger charge is 2.27. The fourth-order valence-corrected chi connectivity index (χ4v) is 3.61. The molecule has 1 saturated carbocycles. The molecule has 0 bridgehead atoms. The average Bonchev–Trinajstić information content (AvgIpc) is 2.87. The van der Waals surface area contributed by atoms with E-state index < -0.39 is 0 Å². The Morgan fingerprint density at radius 3 is 3.05 bits per heavy atom. The van der Waals surface area contributed by atoms with E-state index >= 15 is 0 Å². The smallest absolute Gasteiger partial charge is 0.160 e. The number of aromatic nitrogens is 3. The molecule has 4 heteroatoms. The maximum Gasteiger partial charge on any atom is 0.160 e. The molecule has 1 aliphatic rings. The Morgan fingerprint density at radius 1 is 1.45 bits per heavy atom. The second-order valence-corrected chi connectivity index (χ2v) is 6.55. The van der Waals surface area contributed by atoms with Crippen molar-refractivity contribution in [1.82, 2.24) is 14.5 Å². The van der Waals surface area contributed by atoms with E-state index in [9.17, 15) is 0 Å². The van der Waals surface area contributed by atoms with Crippen molar-refractivity contribution >= 4 is 22.8 Å². The zero-order valence-corrected chi connectivity index (χ0v) is 13.0. The second kappa shape index (κ2) is 5.72. The number of hydrogen-bond donors (Lipinski definition) is 0. The van der Waals surface area contributed by atoms with Gasteiger partial charge in [-0.1, -0.05) is 26.2 Å². The molecule has 3 atom stereocenters. The molecule has 0 N–H and O–H groups in total. The topological polar surface area (TPSA) is 30.7 Å². The average molecular weight is 292 g/mol. The quantitative estimate of drug-likeness (QED) is 0.755. The summed E-state index contributed by atoms with van der Waals surface area (Å²) < 4.78 is 2.31. The van der Waals surface area contributed by atoms with E-state index in [1.54, 1.807) is 0 Å². The van der Waals surface area contributed by atoms with Gasteiger partial charge in [0.25, 0.3) is 0 Å². The molecule has 0 aliphatic heterocycles. The number of nitrogens with zero attached hydrogens (tertiary/aromatic N) is 3. The second-order valence-electron chi connectivity index (χ2n) is 5.90. The van der Waals surface area contributed by atoms with Crippen LogP contribution in [0.4, 0.5) is 0 Å². The summed E-state index contributed by atoms with van der Waals surface area (Å²) in [4.78, 5) is 9.26. The van der Waals surface area contributed by atoms with Crippen molar-refractivity contribution in [3.05, 3.63) is 24.2 Å². The zero-order chi connectivity index (χ0) is 14.1. The third-order valence-electron chi connectivity index (χ3n) is 4.53. The molecular formula is C16H22ClN3. The Balaban J connectivity index is 2.06. The summed E-state index contributed by atoms with van der Waals surface area (Å²) in [6.45, 7) is 4.29. The summed E-state index contributed by atoms with van der Waals surface area (Å²) in [6, 6.07) is 4.48. The maximum atomic E-state index is 6.36. The monoisotopic (exact) mass is 291 g/mol. The van der Waals surface area contributed by atoms with Crippen LogP contribution in [0.25, 0.3) is 11.2 Å². The summed E-state index contributed by atoms with van der Waals surface area (Å²) >= 11 is 6.36. The van der Waals surface area contributed by atoms with Gasteiger partial charge in [0, 0.05) is 12.2 Å². The minimum Gasteiger partial charge on any atom is -0.308 e. The molecule has 0 radical (unpaired) electrons. The van der Waals surface area contributed by atoms with Gasteiger partial charge >= 0.3 is 0 Å². The van der Waals surface area contributed by atoms with Crippen LogP contribution in [-0.2, 0) is 0 Å². The van der Waals surface area contributed by atoms with Gasteiger partial charge in [-0.15, -0.1) is 11.6 Å². The Labute approximate surface area is 125 Å². The summed E-state index contributed by atoms with van der Waals surface area (Å²) in [5.41, 5.74) is 1.96. The van der Waals surface area contributed by atoms with Crippen LogP contribution in [0.2, 0.25) is 0 Å². The molecule has 2 aromatic rings. The molecule has 3 nitrogen and oxygen atoms in total. The number of alkyl halides is 1. The Morgan fingerprint density at radius 2 is 2.30 bits per heavy atom. The highest BCUT2D eigenvalue weighted by molar-refractivity contribution is 6.20. The van der Waals surface area contributed by atoms with Gasteiger partial charge in [0.2, 0.25) is 0 Å². The van der Waals surface area contributed by atoms with Crippen molar-refractivity contribution in [2.24, 2.45) is 5.92 Å². The van der Waals surface area contributed by atoms with Crippen LogP contribution in [0.5, 0.6) is 0 Å². The molecule has 0 spiro atoms. The van der Waals surface area contributed by atoms with Gasteiger partial charge in [-0.05, 0) is 37.8 Å². The molecule has 0 aromatic carbocycles. The largest absolute Gasteiger partial charge is 0.308 e. The van der Waals surface area contributed by atoms with Gasteiger partial charge < -0.3 is 4.57 Å². The van der Waals surface area contributed by atoms with Gasteiger partial charge in [-0.2, -0.15) is 0 Å². The predicted molar refractivity (Wildman–Crippen MR) is 83.1 cm³/mol. The first-order valence-corrected chi connectivity index (χ1v) is 8.11. The third kappa shape index (κ3) is 2.44. The Kier molecular flexibility index (Phi) is 3.97. The summed E-state index contributed by atoms with van der Waals surface area (Å²) in [5, 5.41) is -0.0776. The first-order chi connectivity index (χ1) is 9.70. The standard InChI is InChI=1S/C16H22ClN3/c1-3-12-6-4-7-13(10-12)20-15(11(2)17)19-14-8-5-9-18-16(14)20/h5,8-9,11-13H,3-4,6-7,10H2,1-2H3. The number of hydrogen-bond acceptors (Lipinski definition) is 2. The fourth-order valence-electron chi connectivity index (χ4n) is 3.46. The van der Waals surface area contributed by atoms with Crippen molar-refractivity contribution in [2.45, 2.75) is 57.4 Å². The molecule has 1 aliphatic carbocycles. The molecule has 0 saturated heterocycles. The van der Waals surface area contributed by atoms with E-state index in [0.29, 0.717) is 6.04 Å².